The number of nitrogens with zero attached hydrogens (tertiary/aromatic N) is 2. The molecule has 0 fully saturated rings. The van der Waals surface area contributed by atoms with Gasteiger partial charge in [0.15, 0.2) is 0 Å². The Labute approximate surface area is 162 Å². The highest BCUT2D eigenvalue weighted by atomic mass is 35.5. The summed E-state index contributed by atoms with van der Waals surface area (Å²) in [5.74, 6) is -0.494. The van der Waals surface area contributed by atoms with Gasteiger partial charge in [-0.3, -0.25) is 9.59 Å². The highest BCUT2D eigenvalue weighted by Crippen LogP contribution is 2.18. The minimum absolute atomic E-state index is 0.226. The Bertz CT molecular complexity index is 1000. The number of esters is 1. The largest absolute Gasteiger partial charge is 0.465 e. The predicted molar refractivity (Wildman–Crippen MR) is 105 cm³/mol. The number of halogens is 1. The number of hydrogen-bond acceptors (Lipinski definition) is 4. The van der Waals surface area contributed by atoms with Crippen LogP contribution in [0.5, 0.6) is 0 Å². The van der Waals surface area contributed by atoms with Crippen LogP contribution in [-0.2, 0) is 22.5 Å². The lowest BCUT2D eigenvalue weighted by Gasteiger charge is -2.11. The van der Waals surface area contributed by atoms with Crippen molar-refractivity contribution in [2.24, 2.45) is 0 Å². The standard InChI is InChI=1S/C21H19ClN2O3/c1-2-27-20(25)14-24-21(26)17(11-15-7-6-10-18(22)12-15)13-19(23-24)16-8-4-3-5-9-16/h3-10,12-13H,2,11,14H2,1H3. The van der Waals surface area contributed by atoms with Crippen LogP contribution in [0.3, 0.4) is 0 Å². The molecule has 3 rings (SSSR count). The molecule has 0 N–H and O–H groups in total. The first-order chi connectivity index (χ1) is 13.1. The molecular weight excluding hydrogens is 364 g/mol. The maximum atomic E-state index is 12.8. The molecule has 0 bridgehead atoms. The van der Waals surface area contributed by atoms with Gasteiger partial charge in [-0.1, -0.05) is 54.1 Å². The average Bonchev–Trinajstić information content (AvgIpc) is 2.66. The Hall–Kier alpha value is -2.92. The van der Waals surface area contributed by atoms with Crippen LogP contribution in [-0.4, -0.2) is 22.4 Å². The monoisotopic (exact) mass is 382 g/mol. The number of benzene rings is 2. The molecule has 0 aliphatic heterocycles. The van der Waals surface area contributed by atoms with E-state index in [1.807, 2.05) is 48.5 Å². The average molecular weight is 383 g/mol. The summed E-state index contributed by atoms with van der Waals surface area (Å²) in [5.41, 5.74) is 2.62. The molecule has 0 radical (unpaired) electrons. The lowest BCUT2D eigenvalue weighted by atomic mass is 10.0. The molecule has 0 aliphatic rings. The van der Waals surface area contributed by atoms with Crippen molar-refractivity contribution in [2.75, 3.05) is 6.61 Å². The van der Waals surface area contributed by atoms with Gasteiger partial charge in [0.25, 0.3) is 5.56 Å². The molecule has 27 heavy (non-hydrogen) atoms. The van der Waals surface area contributed by atoms with E-state index in [0.717, 1.165) is 11.1 Å². The SMILES string of the molecule is CCOC(=O)Cn1nc(-c2ccccc2)cc(Cc2cccc(Cl)c2)c1=O. The van der Waals surface area contributed by atoms with Gasteiger partial charge in [-0.25, -0.2) is 4.68 Å². The van der Waals surface area contributed by atoms with Crippen molar-refractivity contribution in [1.29, 1.82) is 0 Å². The van der Waals surface area contributed by atoms with E-state index in [2.05, 4.69) is 5.10 Å². The van der Waals surface area contributed by atoms with Crippen LogP contribution < -0.4 is 5.56 Å². The summed E-state index contributed by atoms with van der Waals surface area (Å²) in [6.07, 6.45) is 0.393. The van der Waals surface area contributed by atoms with Crippen LogP contribution in [0.2, 0.25) is 5.02 Å². The van der Waals surface area contributed by atoms with Crippen molar-refractivity contribution >= 4 is 17.6 Å². The summed E-state index contributed by atoms with van der Waals surface area (Å²) in [7, 11) is 0. The first kappa shape index (κ1) is 18.9. The molecule has 0 spiro atoms. The van der Waals surface area contributed by atoms with Gasteiger partial charge in [0.1, 0.15) is 6.54 Å². The van der Waals surface area contributed by atoms with Gasteiger partial charge in [0.05, 0.1) is 12.3 Å². The van der Waals surface area contributed by atoms with Crippen LogP contribution in [0.4, 0.5) is 0 Å². The maximum absolute atomic E-state index is 12.8. The Morgan fingerprint density at radius 1 is 1.11 bits per heavy atom. The number of carbonyl (C=O) groups is 1. The number of ether oxygens (including phenoxy) is 1. The van der Waals surface area contributed by atoms with Crippen molar-refractivity contribution in [3.8, 4) is 11.3 Å². The van der Waals surface area contributed by atoms with Crippen molar-refractivity contribution in [3.63, 3.8) is 0 Å². The van der Waals surface area contributed by atoms with E-state index < -0.39 is 5.97 Å². The smallest absolute Gasteiger partial charge is 0.327 e. The van der Waals surface area contributed by atoms with Gasteiger partial charge in [0.2, 0.25) is 0 Å². The van der Waals surface area contributed by atoms with E-state index in [1.165, 1.54) is 4.68 Å². The van der Waals surface area contributed by atoms with Gasteiger partial charge < -0.3 is 4.74 Å². The van der Waals surface area contributed by atoms with E-state index in [4.69, 9.17) is 16.3 Å². The van der Waals surface area contributed by atoms with Gasteiger partial charge in [-0.15, -0.1) is 0 Å². The first-order valence-electron chi connectivity index (χ1n) is 8.63. The summed E-state index contributed by atoms with van der Waals surface area (Å²) >= 11 is 6.06. The van der Waals surface area contributed by atoms with Crippen LogP contribution in [0.25, 0.3) is 11.3 Å². The number of rotatable bonds is 6. The lowest BCUT2D eigenvalue weighted by molar-refractivity contribution is -0.144. The van der Waals surface area contributed by atoms with E-state index in [1.54, 1.807) is 19.1 Å². The molecule has 1 heterocycles. The van der Waals surface area contributed by atoms with E-state index in [9.17, 15) is 9.59 Å². The Morgan fingerprint density at radius 3 is 2.59 bits per heavy atom. The highest BCUT2D eigenvalue weighted by molar-refractivity contribution is 6.30. The molecule has 3 aromatic rings. The molecule has 0 unspecified atom stereocenters. The summed E-state index contributed by atoms with van der Waals surface area (Å²) in [5, 5.41) is 4.97. The second-order valence-corrected chi connectivity index (χ2v) is 6.43. The Morgan fingerprint density at radius 2 is 1.89 bits per heavy atom. The van der Waals surface area contributed by atoms with Crippen LogP contribution in [0, 0.1) is 0 Å². The van der Waals surface area contributed by atoms with E-state index in [0.29, 0.717) is 22.7 Å². The fourth-order valence-electron chi connectivity index (χ4n) is 2.78. The number of hydrogen-bond donors (Lipinski definition) is 0. The molecular formula is C21H19ClN2O3. The number of aromatic nitrogens is 2. The fraction of sp³-hybridized carbons (Fsp3) is 0.190. The quantitative estimate of drug-likeness (QED) is 0.609. The van der Waals surface area contributed by atoms with Crippen LogP contribution >= 0.6 is 11.6 Å². The van der Waals surface area contributed by atoms with Crippen molar-refractivity contribution < 1.29 is 9.53 Å². The lowest BCUT2D eigenvalue weighted by Crippen LogP contribution is -2.30. The zero-order chi connectivity index (χ0) is 19.2. The first-order valence-corrected chi connectivity index (χ1v) is 9.01. The predicted octanol–water partition coefficient (Wildman–Crippen LogP) is 3.72. The summed E-state index contributed by atoms with van der Waals surface area (Å²) in [4.78, 5) is 24.7. The molecule has 2 aromatic carbocycles. The topological polar surface area (TPSA) is 61.2 Å². The van der Waals surface area contributed by atoms with Crippen molar-refractivity contribution in [1.82, 2.24) is 9.78 Å². The third-order valence-corrected chi connectivity index (χ3v) is 4.22. The third kappa shape index (κ3) is 4.83. The maximum Gasteiger partial charge on any atom is 0.327 e. The highest BCUT2D eigenvalue weighted by Gasteiger charge is 2.14. The minimum atomic E-state index is -0.494. The zero-order valence-corrected chi connectivity index (χ0v) is 15.6. The van der Waals surface area contributed by atoms with Gasteiger partial charge in [-0.05, 0) is 30.7 Å². The molecule has 138 valence electrons. The second kappa shape index (κ2) is 8.64. The Kier molecular flexibility index (Phi) is 6.04. The molecule has 0 amide bonds. The van der Waals surface area contributed by atoms with E-state index >= 15 is 0 Å². The second-order valence-electron chi connectivity index (χ2n) is 6.00. The van der Waals surface area contributed by atoms with Crippen molar-refractivity contribution in [2.45, 2.75) is 19.9 Å². The van der Waals surface area contributed by atoms with Crippen molar-refractivity contribution in [3.05, 3.63) is 87.2 Å². The van der Waals surface area contributed by atoms with Gasteiger partial charge in [0, 0.05) is 22.6 Å². The Balaban J connectivity index is 2.05. The molecule has 0 atom stereocenters. The summed E-state index contributed by atoms with van der Waals surface area (Å²) < 4.78 is 6.13. The molecule has 0 aliphatic carbocycles. The van der Waals surface area contributed by atoms with Crippen LogP contribution in [0.1, 0.15) is 18.1 Å². The number of carbonyl (C=O) groups excluding carboxylic acids is 1. The van der Waals surface area contributed by atoms with Gasteiger partial charge in [-0.2, -0.15) is 5.10 Å². The van der Waals surface area contributed by atoms with E-state index in [-0.39, 0.29) is 18.7 Å². The summed E-state index contributed by atoms with van der Waals surface area (Å²) in [6.45, 7) is 1.75. The normalized spacial score (nSPS) is 10.6. The zero-order valence-electron chi connectivity index (χ0n) is 14.9. The summed E-state index contributed by atoms with van der Waals surface area (Å²) in [6, 6.07) is 18.6. The fourth-order valence-corrected chi connectivity index (χ4v) is 2.99. The van der Waals surface area contributed by atoms with Crippen LogP contribution in [0.15, 0.2) is 65.5 Å². The molecule has 5 nitrogen and oxygen atoms in total. The third-order valence-electron chi connectivity index (χ3n) is 3.99. The molecule has 0 saturated carbocycles. The molecule has 0 saturated heterocycles. The molecule has 6 heteroatoms. The molecule has 1 aromatic heterocycles. The minimum Gasteiger partial charge on any atom is -0.465 e. The van der Waals surface area contributed by atoms with Gasteiger partial charge >= 0.3 is 5.97 Å².